The number of amides is 3. The molecule has 0 atom stereocenters. The molecule has 0 aliphatic heterocycles. The second-order valence-electron chi connectivity index (χ2n) is 6.47. The van der Waals surface area contributed by atoms with Crippen LogP contribution in [-0.4, -0.2) is 37.5 Å². The third-order valence-corrected chi connectivity index (χ3v) is 4.04. The SMILES string of the molecule is CCOc1ccc(C(=O)NCC(=O)Nc2ccc(NC(C)=O)c(C)c2)cc1OCC. The van der Waals surface area contributed by atoms with E-state index in [0.717, 1.165) is 5.56 Å². The Morgan fingerprint density at radius 1 is 0.900 bits per heavy atom. The van der Waals surface area contributed by atoms with Gasteiger partial charge in [0.05, 0.1) is 19.8 Å². The van der Waals surface area contributed by atoms with E-state index in [-0.39, 0.29) is 18.4 Å². The van der Waals surface area contributed by atoms with Crippen LogP contribution in [0.25, 0.3) is 0 Å². The van der Waals surface area contributed by atoms with Crippen molar-refractivity contribution in [3.05, 3.63) is 47.5 Å². The van der Waals surface area contributed by atoms with Crippen molar-refractivity contribution >= 4 is 29.1 Å². The van der Waals surface area contributed by atoms with E-state index in [1.165, 1.54) is 6.92 Å². The van der Waals surface area contributed by atoms with Crippen LogP contribution in [0.4, 0.5) is 11.4 Å². The molecule has 0 aliphatic rings. The average molecular weight is 413 g/mol. The molecule has 0 radical (unpaired) electrons. The highest BCUT2D eigenvalue weighted by Crippen LogP contribution is 2.28. The fourth-order valence-corrected chi connectivity index (χ4v) is 2.73. The van der Waals surface area contributed by atoms with Gasteiger partial charge in [-0.15, -0.1) is 0 Å². The van der Waals surface area contributed by atoms with E-state index in [0.29, 0.717) is 41.7 Å². The van der Waals surface area contributed by atoms with Crippen LogP contribution >= 0.6 is 0 Å². The summed E-state index contributed by atoms with van der Waals surface area (Å²) in [6.07, 6.45) is 0. The molecule has 3 amide bonds. The van der Waals surface area contributed by atoms with Crippen LogP contribution in [-0.2, 0) is 9.59 Å². The van der Waals surface area contributed by atoms with Crippen molar-refractivity contribution in [2.75, 3.05) is 30.4 Å². The molecule has 0 aromatic heterocycles. The number of rotatable bonds is 9. The highest BCUT2D eigenvalue weighted by Gasteiger charge is 2.13. The molecule has 0 saturated carbocycles. The Bertz CT molecular complexity index is 927. The second kappa shape index (κ2) is 10.8. The summed E-state index contributed by atoms with van der Waals surface area (Å²) in [4.78, 5) is 35.8. The Balaban J connectivity index is 1.96. The molecule has 8 heteroatoms. The lowest BCUT2D eigenvalue weighted by Gasteiger charge is -2.13. The van der Waals surface area contributed by atoms with Gasteiger partial charge < -0.3 is 25.4 Å². The molecule has 0 heterocycles. The van der Waals surface area contributed by atoms with Crippen molar-refractivity contribution in [3.63, 3.8) is 0 Å². The number of hydrogen-bond donors (Lipinski definition) is 3. The molecule has 0 saturated heterocycles. The molecule has 2 rings (SSSR count). The van der Waals surface area contributed by atoms with Crippen LogP contribution in [0.3, 0.4) is 0 Å². The van der Waals surface area contributed by atoms with Gasteiger partial charge in [-0.05, 0) is 62.7 Å². The molecule has 30 heavy (non-hydrogen) atoms. The molecule has 0 fully saturated rings. The minimum absolute atomic E-state index is 0.167. The summed E-state index contributed by atoms with van der Waals surface area (Å²) < 4.78 is 11.0. The minimum atomic E-state index is -0.397. The maximum Gasteiger partial charge on any atom is 0.251 e. The standard InChI is InChI=1S/C22H27N3O5/c1-5-29-19-10-7-16(12-20(19)30-6-2)22(28)23-13-21(27)25-17-8-9-18(14(3)11-17)24-15(4)26/h7-12H,5-6,13H2,1-4H3,(H,23,28)(H,24,26)(H,25,27). The summed E-state index contributed by atoms with van der Waals surface area (Å²) in [6, 6.07) is 10.0. The zero-order chi connectivity index (χ0) is 22.1. The number of anilines is 2. The summed E-state index contributed by atoms with van der Waals surface area (Å²) in [5, 5.41) is 8.01. The predicted molar refractivity (Wildman–Crippen MR) is 115 cm³/mol. The third-order valence-electron chi connectivity index (χ3n) is 4.04. The van der Waals surface area contributed by atoms with Crippen molar-refractivity contribution in [1.29, 1.82) is 0 Å². The first kappa shape index (κ1) is 22.7. The molecular weight excluding hydrogens is 386 g/mol. The fourth-order valence-electron chi connectivity index (χ4n) is 2.73. The van der Waals surface area contributed by atoms with Crippen molar-refractivity contribution < 1.29 is 23.9 Å². The summed E-state index contributed by atoms with van der Waals surface area (Å²) in [5.41, 5.74) is 2.42. The van der Waals surface area contributed by atoms with E-state index in [9.17, 15) is 14.4 Å². The first-order chi connectivity index (χ1) is 14.3. The second-order valence-corrected chi connectivity index (χ2v) is 6.47. The quantitative estimate of drug-likeness (QED) is 0.586. The van der Waals surface area contributed by atoms with Crippen LogP contribution in [0.15, 0.2) is 36.4 Å². The van der Waals surface area contributed by atoms with Crippen molar-refractivity contribution in [3.8, 4) is 11.5 Å². The zero-order valence-electron chi connectivity index (χ0n) is 17.6. The predicted octanol–water partition coefficient (Wildman–Crippen LogP) is 3.12. The van der Waals surface area contributed by atoms with Gasteiger partial charge in [-0.2, -0.15) is 0 Å². The van der Waals surface area contributed by atoms with Gasteiger partial charge in [0.15, 0.2) is 11.5 Å². The molecule has 0 bridgehead atoms. The van der Waals surface area contributed by atoms with E-state index in [1.807, 2.05) is 20.8 Å². The smallest absolute Gasteiger partial charge is 0.251 e. The van der Waals surface area contributed by atoms with E-state index >= 15 is 0 Å². The Morgan fingerprint density at radius 2 is 1.60 bits per heavy atom. The number of carbonyl (C=O) groups excluding carboxylic acids is 3. The lowest BCUT2D eigenvalue weighted by molar-refractivity contribution is -0.115. The Labute approximate surface area is 175 Å². The Hall–Kier alpha value is -3.55. The minimum Gasteiger partial charge on any atom is -0.490 e. The van der Waals surface area contributed by atoms with Gasteiger partial charge in [-0.1, -0.05) is 0 Å². The highest BCUT2D eigenvalue weighted by molar-refractivity contribution is 6.00. The molecular formula is C22H27N3O5. The maximum atomic E-state index is 12.4. The number of ether oxygens (including phenoxy) is 2. The first-order valence-electron chi connectivity index (χ1n) is 9.70. The third kappa shape index (κ3) is 6.51. The Kier molecular flexibility index (Phi) is 8.22. The number of hydrogen-bond acceptors (Lipinski definition) is 5. The van der Waals surface area contributed by atoms with E-state index in [4.69, 9.17) is 9.47 Å². The van der Waals surface area contributed by atoms with E-state index in [2.05, 4.69) is 16.0 Å². The largest absolute Gasteiger partial charge is 0.490 e. The van der Waals surface area contributed by atoms with Gasteiger partial charge in [0.25, 0.3) is 5.91 Å². The number of nitrogens with one attached hydrogen (secondary N) is 3. The summed E-state index contributed by atoms with van der Waals surface area (Å²) in [6.45, 7) is 7.69. The molecule has 8 nitrogen and oxygen atoms in total. The van der Waals surface area contributed by atoms with Crippen LogP contribution in [0.1, 0.15) is 36.7 Å². The van der Waals surface area contributed by atoms with Crippen LogP contribution in [0.5, 0.6) is 11.5 Å². The number of aryl methyl sites for hydroxylation is 1. The number of carbonyl (C=O) groups is 3. The topological polar surface area (TPSA) is 106 Å². The lowest BCUT2D eigenvalue weighted by atomic mass is 10.1. The summed E-state index contributed by atoms with van der Waals surface area (Å²) >= 11 is 0. The Morgan fingerprint density at radius 3 is 2.23 bits per heavy atom. The van der Waals surface area contributed by atoms with Gasteiger partial charge in [0.1, 0.15) is 0 Å². The van der Waals surface area contributed by atoms with Crippen LogP contribution in [0, 0.1) is 6.92 Å². The fraction of sp³-hybridized carbons (Fsp3) is 0.318. The van der Waals surface area contributed by atoms with Crippen molar-refractivity contribution in [1.82, 2.24) is 5.32 Å². The van der Waals surface area contributed by atoms with Crippen molar-refractivity contribution in [2.45, 2.75) is 27.7 Å². The van der Waals surface area contributed by atoms with Gasteiger partial charge in [-0.3, -0.25) is 14.4 Å². The zero-order valence-corrected chi connectivity index (χ0v) is 17.6. The molecule has 0 spiro atoms. The van der Waals surface area contributed by atoms with Crippen LogP contribution in [0.2, 0.25) is 0 Å². The maximum absolute atomic E-state index is 12.4. The summed E-state index contributed by atoms with van der Waals surface area (Å²) in [5.74, 6) is 0.106. The van der Waals surface area contributed by atoms with Gasteiger partial charge >= 0.3 is 0 Å². The molecule has 160 valence electrons. The monoisotopic (exact) mass is 413 g/mol. The van der Waals surface area contributed by atoms with Gasteiger partial charge in [0.2, 0.25) is 11.8 Å². The lowest BCUT2D eigenvalue weighted by Crippen LogP contribution is -2.32. The molecule has 2 aromatic rings. The molecule has 2 aromatic carbocycles. The van der Waals surface area contributed by atoms with Gasteiger partial charge in [-0.25, -0.2) is 0 Å². The van der Waals surface area contributed by atoms with Crippen LogP contribution < -0.4 is 25.4 Å². The highest BCUT2D eigenvalue weighted by atomic mass is 16.5. The van der Waals surface area contributed by atoms with E-state index in [1.54, 1.807) is 36.4 Å². The average Bonchev–Trinajstić information content (AvgIpc) is 2.69. The molecule has 0 aliphatic carbocycles. The van der Waals surface area contributed by atoms with E-state index < -0.39 is 5.91 Å². The summed E-state index contributed by atoms with van der Waals surface area (Å²) in [7, 11) is 0. The van der Waals surface area contributed by atoms with Crippen molar-refractivity contribution in [2.24, 2.45) is 0 Å². The normalized spacial score (nSPS) is 10.1. The first-order valence-corrected chi connectivity index (χ1v) is 9.70. The number of benzene rings is 2. The van der Waals surface area contributed by atoms with Gasteiger partial charge in [0, 0.05) is 23.9 Å². The molecule has 3 N–H and O–H groups in total. The molecule has 0 unspecified atom stereocenters.